The lowest BCUT2D eigenvalue weighted by molar-refractivity contribution is -0.141. The van der Waals surface area contributed by atoms with Gasteiger partial charge in [-0.25, -0.2) is 17.2 Å². The highest BCUT2D eigenvalue weighted by Crippen LogP contribution is 2.22. The number of amides is 2. The largest absolute Gasteiger partial charge is 0.355 e. The molecule has 0 aliphatic rings. The van der Waals surface area contributed by atoms with Crippen LogP contribution in [0.2, 0.25) is 0 Å². The van der Waals surface area contributed by atoms with Gasteiger partial charge in [0, 0.05) is 43.0 Å². The van der Waals surface area contributed by atoms with Gasteiger partial charge in [-0.2, -0.15) is 0 Å². The maximum absolute atomic E-state index is 13.8. The van der Waals surface area contributed by atoms with Gasteiger partial charge in [0.15, 0.2) is 11.6 Å². The van der Waals surface area contributed by atoms with Crippen LogP contribution in [-0.2, 0) is 32.6 Å². The number of rotatable bonds is 13. The maximum Gasteiger partial charge on any atom is 0.243 e. The first-order valence-electron chi connectivity index (χ1n) is 12.8. The van der Waals surface area contributed by atoms with E-state index in [1.54, 1.807) is 6.92 Å². The summed E-state index contributed by atoms with van der Waals surface area (Å²) in [6.45, 7) is 2.23. The Kier molecular flexibility index (Phi) is 11.2. The molecular weight excluding hydrogens is 604 g/mol. The number of hydrogen-bond donors (Lipinski definition) is 1. The van der Waals surface area contributed by atoms with Gasteiger partial charge in [-0.1, -0.05) is 58.4 Å². The Labute approximate surface area is 242 Å². The normalized spacial score (nSPS) is 12.0. The lowest BCUT2D eigenvalue weighted by Gasteiger charge is -2.32. The SMILES string of the molecule is CCNC(=O)[C@@H](Cc1ccccc1)N(Cc1ccc(Br)cc1)C(=O)CCCN(c1ccc(F)c(F)c1)S(C)(=O)=O. The van der Waals surface area contributed by atoms with Crippen LogP contribution < -0.4 is 9.62 Å². The fourth-order valence-corrected chi connectivity index (χ4v) is 5.50. The third-order valence-corrected chi connectivity index (χ3v) is 7.95. The number of nitrogens with one attached hydrogen (secondary N) is 1. The van der Waals surface area contributed by atoms with Gasteiger partial charge in [-0.3, -0.25) is 13.9 Å². The van der Waals surface area contributed by atoms with E-state index in [0.29, 0.717) is 13.0 Å². The fourth-order valence-electron chi connectivity index (χ4n) is 4.28. The van der Waals surface area contributed by atoms with E-state index >= 15 is 0 Å². The molecule has 0 spiro atoms. The van der Waals surface area contributed by atoms with Crippen molar-refractivity contribution >= 4 is 43.5 Å². The van der Waals surface area contributed by atoms with Crippen molar-refractivity contribution in [1.29, 1.82) is 0 Å². The molecule has 0 heterocycles. The molecule has 3 aromatic rings. The van der Waals surface area contributed by atoms with Gasteiger partial charge in [0.2, 0.25) is 21.8 Å². The first-order chi connectivity index (χ1) is 19.0. The number of halogens is 3. The lowest BCUT2D eigenvalue weighted by Crippen LogP contribution is -2.50. The van der Waals surface area contributed by atoms with E-state index in [1.165, 1.54) is 11.0 Å². The monoisotopic (exact) mass is 635 g/mol. The van der Waals surface area contributed by atoms with E-state index < -0.39 is 27.7 Å². The molecule has 0 aromatic heterocycles. The quantitative estimate of drug-likeness (QED) is 0.285. The van der Waals surface area contributed by atoms with Crippen molar-refractivity contribution in [2.24, 2.45) is 0 Å². The molecule has 0 aliphatic heterocycles. The van der Waals surface area contributed by atoms with Crippen molar-refractivity contribution in [2.75, 3.05) is 23.7 Å². The van der Waals surface area contributed by atoms with E-state index in [0.717, 1.165) is 38.3 Å². The van der Waals surface area contributed by atoms with E-state index in [2.05, 4.69) is 21.2 Å². The molecule has 40 heavy (non-hydrogen) atoms. The summed E-state index contributed by atoms with van der Waals surface area (Å²) in [4.78, 5) is 28.4. The summed E-state index contributed by atoms with van der Waals surface area (Å²) in [6, 6.07) is 18.8. The molecule has 3 aromatic carbocycles. The molecule has 0 unspecified atom stereocenters. The summed E-state index contributed by atoms with van der Waals surface area (Å²) in [6.07, 6.45) is 1.27. The minimum Gasteiger partial charge on any atom is -0.355 e. The minimum absolute atomic E-state index is 0.0372. The number of anilines is 1. The molecule has 0 radical (unpaired) electrons. The van der Waals surface area contributed by atoms with Gasteiger partial charge in [0.1, 0.15) is 6.04 Å². The fraction of sp³-hybridized carbons (Fsp3) is 0.310. The predicted molar refractivity (Wildman–Crippen MR) is 155 cm³/mol. The van der Waals surface area contributed by atoms with Crippen molar-refractivity contribution in [3.05, 3.63) is 100 Å². The molecule has 214 valence electrons. The van der Waals surface area contributed by atoms with Gasteiger partial charge >= 0.3 is 0 Å². The van der Waals surface area contributed by atoms with Crippen molar-refractivity contribution in [3.63, 3.8) is 0 Å². The molecule has 1 atom stereocenters. The summed E-state index contributed by atoms with van der Waals surface area (Å²) in [5.41, 5.74) is 1.66. The number of likely N-dealkylation sites (N-methyl/N-ethyl adjacent to an activating group) is 1. The number of carbonyl (C=O) groups excluding carboxylic acids is 2. The van der Waals surface area contributed by atoms with Crippen molar-refractivity contribution in [3.8, 4) is 0 Å². The average molecular weight is 637 g/mol. The number of nitrogens with zero attached hydrogens (tertiary/aromatic N) is 2. The number of hydrogen-bond acceptors (Lipinski definition) is 4. The van der Waals surface area contributed by atoms with Gasteiger partial charge in [0.25, 0.3) is 0 Å². The summed E-state index contributed by atoms with van der Waals surface area (Å²) in [5, 5.41) is 2.83. The molecule has 3 rings (SSSR count). The van der Waals surface area contributed by atoms with Crippen LogP contribution in [0.3, 0.4) is 0 Å². The Morgan fingerprint density at radius 3 is 2.23 bits per heavy atom. The standard InChI is InChI=1S/C29H32BrF2N3O4S/c1-3-33-29(37)27(18-21-8-5-4-6-9-21)34(20-22-11-13-23(30)14-12-22)28(36)10-7-17-35(40(2,38)39)24-15-16-25(31)26(32)19-24/h4-6,8-9,11-16,19,27H,3,7,10,17-18,20H2,1-2H3,(H,33,37)/t27-/m1/s1. The molecular formula is C29H32BrF2N3O4S. The van der Waals surface area contributed by atoms with Crippen molar-refractivity contribution < 1.29 is 26.8 Å². The second-order valence-electron chi connectivity index (χ2n) is 9.29. The first kappa shape index (κ1) is 31.2. The molecule has 0 aliphatic carbocycles. The maximum atomic E-state index is 13.8. The Morgan fingerprint density at radius 1 is 0.950 bits per heavy atom. The van der Waals surface area contributed by atoms with Gasteiger partial charge in [0.05, 0.1) is 11.9 Å². The third-order valence-electron chi connectivity index (χ3n) is 6.23. The smallest absolute Gasteiger partial charge is 0.243 e. The van der Waals surface area contributed by atoms with Gasteiger partial charge in [-0.05, 0) is 48.7 Å². The van der Waals surface area contributed by atoms with E-state index in [-0.39, 0.29) is 43.4 Å². The lowest BCUT2D eigenvalue weighted by atomic mass is 10.0. The summed E-state index contributed by atoms with van der Waals surface area (Å²) in [5.74, 6) is -2.90. The van der Waals surface area contributed by atoms with Crippen LogP contribution in [0.25, 0.3) is 0 Å². The summed E-state index contributed by atoms with van der Waals surface area (Å²) < 4.78 is 53.9. The number of carbonyl (C=O) groups is 2. The highest BCUT2D eigenvalue weighted by atomic mass is 79.9. The average Bonchev–Trinajstić information content (AvgIpc) is 2.91. The van der Waals surface area contributed by atoms with Crippen molar-refractivity contribution in [2.45, 2.75) is 38.8 Å². The zero-order valence-corrected chi connectivity index (χ0v) is 24.7. The van der Waals surface area contributed by atoms with Crippen LogP contribution in [0.1, 0.15) is 30.9 Å². The second kappa shape index (κ2) is 14.4. The molecule has 11 heteroatoms. The molecule has 0 fully saturated rings. The topological polar surface area (TPSA) is 86.8 Å². The van der Waals surface area contributed by atoms with Crippen molar-refractivity contribution in [1.82, 2.24) is 10.2 Å². The van der Waals surface area contributed by atoms with Crippen LogP contribution in [0, 0.1) is 11.6 Å². The molecule has 0 bridgehead atoms. The molecule has 7 nitrogen and oxygen atoms in total. The first-order valence-corrected chi connectivity index (χ1v) is 15.4. The van der Waals surface area contributed by atoms with Crippen LogP contribution in [-0.4, -0.2) is 50.5 Å². The van der Waals surface area contributed by atoms with E-state index in [9.17, 15) is 26.8 Å². The third kappa shape index (κ3) is 8.85. The predicted octanol–water partition coefficient (Wildman–Crippen LogP) is 5.05. The molecule has 1 N–H and O–H groups in total. The summed E-state index contributed by atoms with van der Waals surface area (Å²) >= 11 is 3.41. The van der Waals surface area contributed by atoms with Gasteiger partial charge in [-0.15, -0.1) is 0 Å². The Balaban J connectivity index is 1.86. The van der Waals surface area contributed by atoms with Gasteiger partial charge < -0.3 is 10.2 Å². The minimum atomic E-state index is -3.85. The Morgan fingerprint density at radius 2 is 1.62 bits per heavy atom. The van der Waals surface area contributed by atoms with E-state index in [4.69, 9.17) is 0 Å². The second-order valence-corrected chi connectivity index (χ2v) is 12.1. The van der Waals surface area contributed by atoms with Crippen LogP contribution >= 0.6 is 15.9 Å². The molecule has 0 saturated carbocycles. The molecule has 2 amide bonds. The highest BCUT2D eigenvalue weighted by Gasteiger charge is 2.30. The van der Waals surface area contributed by atoms with Crippen LogP contribution in [0.15, 0.2) is 77.3 Å². The highest BCUT2D eigenvalue weighted by molar-refractivity contribution is 9.10. The van der Waals surface area contributed by atoms with Crippen LogP contribution in [0.5, 0.6) is 0 Å². The summed E-state index contributed by atoms with van der Waals surface area (Å²) in [7, 11) is -3.85. The zero-order chi connectivity index (χ0) is 29.3. The number of benzene rings is 3. The zero-order valence-electron chi connectivity index (χ0n) is 22.3. The Bertz CT molecular complexity index is 1410. The van der Waals surface area contributed by atoms with Crippen LogP contribution in [0.4, 0.5) is 14.5 Å². The Hall–Kier alpha value is -3.31. The number of sulfonamides is 1. The molecule has 0 saturated heterocycles. The van der Waals surface area contributed by atoms with E-state index in [1.807, 2.05) is 54.6 Å².